The highest BCUT2D eigenvalue weighted by Crippen LogP contribution is 2.21. The molecule has 0 aliphatic rings. The average molecular weight is 373 g/mol. The highest BCUT2D eigenvalue weighted by molar-refractivity contribution is 6.97. The maximum absolute atomic E-state index is 6.69. The summed E-state index contributed by atoms with van der Waals surface area (Å²) in [6, 6.07) is 21.0. The zero-order valence-corrected chi connectivity index (χ0v) is 18.4. The van der Waals surface area contributed by atoms with Gasteiger partial charge in [-0.25, -0.2) is 0 Å². The summed E-state index contributed by atoms with van der Waals surface area (Å²) < 4.78 is 13.4. The van der Waals surface area contributed by atoms with Crippen molar-refractivity contribution >= 4 is 35.6 Å². The van der Waals surface area contributed by atoms with Gasteiger partial charge in [-0.1, -0.05) is 66.4 Å². The monoisotopic (exact) mass is 372 g/mol. The second-order valence-corrected chi connectivity index (χ2v) is 18.4. The molecule has 0 radical (unpaired) electrons. The first-order chi connectivity index (χ1) is 11.2. The zero-order chi connectivity index (χ0) is 17.8. The average Bonchev–Trinajstić information content (AvgIpc) is 2.55. The molecule has 0 amide bonds. The van der Waals surface area contributed by atoms with Crippen molar-refractivity contribution < 1.29 is 8.23 Å². The van der Waals surface area contributed by atoms with Gasteiger partial charge in [-0.15, -0.1) is 6.58 Å². The Labute approximate surface area is 149 Å². The molecule has 0 spiro atoms. The molecule has 0 N–H and O–H groups in total. The van der Waals surface area contributed by atoms with Crippen LogP contribution in [-0.4, -0.2) is 25.2 Å². The Bertz CT molecular complexity index is 616. The highest BCUT2D eigenvalue weighted by Gasteiger charge is 2.42. The normalized spacial score (nSPS) is 12.9. The number of hydrogen-bond donors (Lipinski definition) is 0. The first kappa shape index (κ1) is 19.1. The van der Waals surface area contributed by atoms with Crippen molar-refractivity contribution in [1.29, 1.82) is 0 Å². The van der Waals surface area contributed by atoms with Gasteiger partial charge in [-0.3, -0.25) is 0 Å². The van der Waals surface area contributed by atoms with Crippen LogP contribution in [0.15, 0.2) is 72.9 Å². The first-order valence-corrected chi connectivity index (χ1v) is 16.5. The lowest BCUT2D eigenvalue weighted by Gasteiger charge is -2.39. The summed E-state index contributed by atoms with van der Waals surface area (Å²) in [7, 11) is -6.57. The number of benzene rings is 2. The zero-order valence-electron chi connectivity index (χ0n) is 15.4. The van der Waals surface area contributed by atoms with Crippen LogP contribution in [0.25, 0.3) is 0 Å². The molecule has 128 valence electrons. The van der Waals surface area contributed by atoms with E-state index in [0.717, 1.165) is 0 Å². The molecular formula is C19H28O2Si3. The fourth-order valence-corrected chi connectivity index (χ4v) is 15.2. The van der Waals surface area contributed by atoms with Crippen molar-refractivity contribution in [3.63, 3.8) is 0 Å². The Balaban J connectivity index is 2.24. The van der Waals surface area contributed by atoms with Crippen LogP contribution in [0.4, 0.5) is 0 Å². The van der Waals surface area contributed by atoms with Gasteiger partial charge >= 0.3 is 8.56 Å². The van der Waals surface area contributed by atoms with Gasteiger partial charge in [0, 0.05) is 0 Å². The predicted octanol–water partition coefficient (Wildman–Crippen LogP) is 4.04. The molecule has 24 heavy (non-hydrogen) atoms. The van der Waals surface area contributed by atoms with Gasteiger partial charge in [0.1, 0.15) is 0 Å². The smallest absolute Gasteiger partial charge is 0.341 e. The maximum atomic E-state index is 6.69. The van der Waals surface area contributed by atoms with Gasteiger partial charge in [-0.05, 0) is 43.1 Å². The van der Waals surface area contributed by atoms with Gasteiger partial charge in [0.05, 0.1) is 0 Å². The Morgan fingerprint density at radius 2 is 1.00 bits per heavy atom. The summed E-state index contributed by atoms with van der Waals surface area (Å²) in [5.41, 5.74) is 1.93. The van der Waals surface area contributed by atoms with Gasteiger partial charge in [0.2, 0.25) is 16.6 Å². The molecule has 2 rings (SSSR count). The molecule has 0 aliphatic heterocycles. The van der Waals surface area contributed by atoms with E-state index in [1.165, 1.54) is 10.4 Å². The van der Waals surface area contributed by atoms with Gasteiger partial charge in [0.15, 0.2) is 0 Å². The summed E-state index contributed by atoms with van der Waals surface area (Å²) in [5, 5.41) is 2.57. The van der Waals surface area contributed by atoms with Crippen molar-refractivity contribution in [3.8, 4) is 0 Å². The SMILES string of the molecule is C=C[Si](C)(O[Si](C)(C)c1ccccc1)O[Si](C)(C)c1ccccc1. The Morgan fingerprint density at radius 3 is 1.29 bits per heavy atom. The van der Waals surface area contributed by atoms with Crippen molar-refractivity contribution in [3.05, 3.63) is 72.9 Å². The lowest BCUT2D eigenvalue weighted by atomic mass is 10.4. The third-order valence-electron chi connectivity index (χ3n) is 4.22. The molecular weight excluding hydrogens is 344 g/mol. The summed E-state index contributed by atoms with van der Waals surface area (Å²) >= 11 is 0. The Morgan fingerprint density at radius 1 is 0.667 bits per heavy atom. The van der Waals surface area contributed by atoms with Gasteiger partial charge < -0.3 is 8.23 Å². The Kier molecular flexibility index (Phi) is 5.83. The molecule has 5 heteroatoms. The number of hydrogen-bond acceptors (Lipinski definition) is 2. The van der Waals surface area contributed by atoms with E-state index < -0.39 is 25.2 Å². The van der Waals surface area contributed by atoms with Crippen LogP contribution in [0.3, 0.4) is 0 Å². The second-order valence-electron chi connectivity index (χ2n) is 7.18. The van der Waals surface area contributed by atoms with Crippen molar-refractivity contribution in [2.24, 2.45) is 0 Å². The van der Waals surface area contributed by atoms with E-state index in [9.17, 15) is 0 Å². The Hall–Kier alpha value is -1.25. The lowest BCUT2D eigenvalue weighted by Crippen LogP contribution is -2.60. The van der Waals surface area contributed by atoms with Crippen LogP contribution >= 0.6 is 0 Å². The third kappa shape index (κ3) is 4.64. The predicted molar refractivity (Wildman–Crippen MR) is 111 cm³/mol. The van der Waals surface area contributed by atoms with E-state index in [0.29, 0.717) is 0 Å². The van der Waals surface area contributed by atoms with Crippen LogP contribution in [0, 0.1) is 0 Å². The quantitative estimate of drug-likeness (QED) is 0.683. The minimum atomic E-state index is -2.47. The second kappa shape index (κ2) is 7.33. The summed E-state index contributed by atoms with van der Waals surface area (Å²) in [6.07, 6.45) is 0. The largest absolute Gasteiger partial charge is 0.430 e. The van der Waals surface area contributed by atoms with E-state index in [4.69, 9.17) is 8.23 Å². The van der Waals surface area contributed by atoms with Crippen LogP contribution < -0.4 is 10.4 Å². The van der Waals surface area contributed by atoms with E-state index >= 15 is 0 Å². The summed E-state index contributed by atoms with van der Waals surface area (Å²) in [6.45, 7) is 15.1. The van der Waals surface area contributed by atoms with Crippen LogP contribution in [0.1, 0.15) is 0 Å². The van der Waals surface area contributed by atoms with Crippen LogP contribution in [0.2, 0.25) is 32.7 Å². The molecule has 0 unspecified atom stereocenters. The van der Waals surface area contributed by atoms with Crippen LogP contribution in [0.5, 0.6) is 0 Å². The lowest BCUT2D eigenvalue weighted by molar-refractivity contribution is 0.408. The molecule has 2 aromatic rings. The molecule has 2 aromatic carbocycles. The third-order valence-corrected chi connectivity index (χ3v) is 15.7. The standard InChI is InChI=1S/C19H28O2Si3/c1-7-24(6,20-22(2,3)18-14-10-8-11-15-18)21-23(4,5)19-16-12-9-13-17-19/h7-17H,1H2,2-6H3. The molecule has 0 saturated heterocycles. The van der Waals surface area contributed by atoms with Crippen molar-refractivity contribution in [2.45, 2.75) is 32.7 Å². The van der Waals surface area contributed by atoms with Gasteiger partial charge in [-0.2, -0.15) is 0 Å². The van der Waals surface area contributed by atoms with E-state index in [2.05, 4.69) is 87.8 Å². The fraction of sp³-hybridized carbons (Fsp3) is 0.263. The molecule has 0 aliphatic carbocycles. The van der Waals surface area contributed by atoms with Gasteiger partial charge in [0.25, 0.3) is 0 Å². The fourth-order valence-electron chi connectivity index (χ4n) is 2.91. The minimum Gasteiger partial charge on any atom is -0.430 e. The van der Waals surface area contributed by atoms with E-state index in [-0.39, 0.29) is 0 Å². The minimum absolute atomic E-state index is 1.29. The van der Waals surface area contributed by atoms with Crippen LogP contribution in [-0.2, 0) is 8.23 Å². The molecule has 0 atom stereocenters. The molecule has 0 aromatic heterocycles. The molecule has 0 heterocycles. The van der Waals surface area contributed by atoms with E-state index in [1.807, 2.05) is 17.8 Å². The molecule has 0 bridgehead atoms. The highest BCUT2D eigenvalue weighted by atomic mass is 28.5. The van der Waals surface area contributed by atoms with E-state index in [1.54, 1.807) is 0 Å². The first-order valence-electron chi connectivity index (χ1n) is 8.33. The summed E-state index contributed by atoms with van der Waals surface area (Å²) in [4.78, 5) is 0. The topological polar surface area (TPSA) is 18.5 Å². The molecule has 2 nitrogen and oxygen atoms in total. The molecule has 0 saturated carbocycles. The summed E-state index contributed by atoms with van der Waals surface area (Å²) in [5.74, 6) is 0. The maximum Gasteiger partial charge on any atom is 0.341 e. The van der Waals surface area contributed by atoms with Crippen molar-refractivity contribution in [2.75, 3.05) is 0 Å². The number of rotatable bonds is 7. The molecule has 0 fully saturated rings. The van der Waals surface area contributed by atoms with Crippen molar-refractivity contribution in [1.82, 2.24) is 0 Å².